The highest BCUT2D eigenvalue weighted by molar-refractivity contribution is 7.90. The molecule has 1 aliphatic carbocycles. The molecule has 11 heteroatoms. The molecule has 1 aliphatic rings. The van der Waals surface area contributed by atoms with Gasteiger partial charge in [-0.25, -0.2) is 17.5 Å². The zero-order chi connectivity index (χ0) is 27.0. The molecule has 1 fully saturated rings. The summed E-state index contributed by atoms with van der Waals surface area (Å²) in [6, 6.07) is 10.1. The van der Waals surface area contributed by atoms with Gasteiger partial charge >= 0.3 is 0 Å². The van der Waals surface area contributed by atoms with E-state index in [1.54, 1.807) is 6.07 Å². The van der Waals surface area contributed by atoms with E-state index in [4.69, 9.17) is 0 Å². The van der Waals surface area contributed by atoms with Crippen molar-refractivity contribution in [3.05, 3.63) is 53.8 Å². The fraction of sp³-hybridized carbons (Fsp3) is 0.423. The highest BCUT2D eigenvalue weighted by atomic mass is 32.2. The highest BCUT2D eigenvalue weighted by Gasteiger charge is 2.22. The summed E-state index contributed by atoms with van der Waals surface area (Å²) < 4.78 is 41.7. The van der Waals surface area contributed by atoms with Crippen LogP contribution >= 0.6 is 12.6 Å². The van der Waals surface area contributed by atoms with Gasteiger partial charge in [-0.15, -0.1) is 0 Å². The Hall–Kier alpha value is -2.92. The van der Waals surface area contributed by atoms with E-state index >= 15 is 0 Å². The van der Waals surface area contributed by atoms with Crippen LogP contribution in [0.3, 0.4) is 0 Å². The molecule has 3 rings (SSSR count). The summed E-state index contributed by atoms with van der Waals surface area (Å²) in [7, 11) is -4.13. The quantitative estimate of drug-likeness (QED) is 0.268. The molecule has 0 saturated heterocycles. The van der Waals surface area contributed by atoms with Gasteiger partial charge < -0.3 is 10.6 Å². The molecule has 0 heterocycles. The van der Waals surface area contributed by atoms with E-state index in [2.05, 4.69) is 23.3 Å². The molecule has 8 nitrogen and oxygen atoms in total. The first-order chi connectivity index (χ1) is 17.6. The molecule has 0 spiro atoms. The van der Waals surface area contributed by atoms with Crippen molar-refractivity contribution in [2.75, 3.05) is 6.54 Å². The second kappa shape index (κ2) is 13.0. The van der Waals surface area contributed by atoms with Gasteiger partial charge in [0.25, 0.3) is 10.0 Å². The van der Waals surface area contributed by atoms with Gasteiger partial charge in [0.15, 0.2) is 0 Å². The maximum atomic E-state index is 14.8. The number of rotatable bonds is 10. The SMILES string of the molecule is CC(=O)NS(=O)(=O)c1ccccc1-c1ccc(CNC(=O)CC(=O)NC[C@H](S)C2CCCCC2)c(F)c1. The van der Waals surface area contributed by atoms with E-state index in [1.165, 1.54) is 49.6 Å². The zero-order valence-corrected chi connectivity index (χ0v) is 22.3. The Bertz CT molecular complexity index is 1250. The Morgan fingerprint density at radius 2 is 1.70 bits per heavy atom. The van der Waals surface area contributed by atoms with Gasteiger partial charge in [0, 0.05) is 36.4 Å². The summed E-state index contributed by atoms with van der Waals surface area (Å²) in [5.74, 6) is -1.88. The summed E-state index contributed by atoms with van der Waals surface area (Å²) in [6.45, 7) is 1.34. The van der Waals surface area contributed by atoms with E-state index in [1.807, 2.05) is 4.72 Å². The van der Waals surface area contributed by atoms with Gasteiger partial charge in [-0.3, -0.25) is 14.4 Å². The molecule has 0 bridgehead atoms. The van der Waals surface area contributed by atoms with Crippen LogP contribution < -0.4 is 15.4 Å². The van der Waals surface area contributed by atoms with Crippen molar-refractivity contribution in [2.45, 2.75) is 62.1 Å². The number of hydrogen-bond donors (Lipinski definition) is 4. The lowest BCUT2D eigenvalue weighted by Gasteiger charge is -2.27. The summed E-state index contributed by atoms with van der Waals surface area (Å²) in [5.41, 5.74) is 0.682. The first-order valence-corrected chi connectivity index (χ1v) is 14.2. The van der Waals surface area contributed by atoms with Crippen LogP contribution in [0.25, 0.3) is 11.1 Å². The topological polar surface area (TPSA) is 121 Å². The minimum Gasteiger partial charge on any atom is -0.355 e. The second-order valence-electron chi connectivity index (χ2n) is 9.19. The maximum Gasteiger partial charge on any atom is 0.264 e. The Balaban J connectivity index is 1.56. The number of sulfonamides is 1. The molecular weight excluding hydrogens is 517 g/mol. The van der Waals surface area contributed by atoms with Crippen molar-refractivity contribution >= 4 is 40.4 Å². The number of nitrogens with one attached hydrogen (secondary N) is 3. The molecule has 37 heavy (non-hydrogen) atoms. The Kier molecular flexibility index (Phi) is 10.1. The smallest absolute Gasteiger partial charge is 0.264 e. The van der Waals surface area contributed by atoms with Gasteiger partial charge in [0.2, 0.25) is 17.7 Å². The van der Waals surface area contributed by atoms with Crippen LogP contribution in [-0.2, 0) is 31.0 Å². The largest absolute Gasteiger partial charge is 0.355 e. The van der Waals surface area contributed by atoms with E-state index in [-0.39, 0.29) is 39.8 Å². The molecule has 3 amide bonds. The first-order valence-electron chi connectivity index (χ1n) is 12.2. The van der Waals surface area contributed by atoms with E-state index < -0.39 is 33.6 Å². The third kappa shape index (κ3) is 8.29. The summed E-state index contributed by atoms with van der Waals surface area (Å²) in [5, 5.41) is 5.34. The number of carbonyl (C=O) groups is 3. The van der Waals surface area contributed by atoms with Gasteiger partial charge in [-0.05, 0) is 36.5 Å². The van der Waals surface area contributed by atoms with Crippen molar-refractivity contribution in [3.63, 3.8) is 0 Å². The maximum absolute atomic E-state index is 14.8. The van der Waals surface area contributed by atoms with Crippen LogP contribution in [-0.4, -0.2) is 37.9 Å². The minimum atomic E-state index is -4.13. The molecule has 2 aromatic rings. The predicted molar refractivity (Wildman–Crippen MR) is 142 cm³/mol. The van der Waals surface area contributed by atoms with Gasteiger partial charge in [0.1, 0.15) is 12.2 Å². The molecule has 1 atom stereocenters. The molecule has 0 aromatic heterocycles. The van der Waals surface area contributed by atoms with Crippen LogP contribution in [0, 0.1) is 11.7 Å². The van der Waals surface area contributed by atoms with E-state index in [9.17, 15) is 27.2 Å². The average Bonchev–Trinajstić information content (AvgIpc) is 2.86. The van der Waals surface area contributed by atoms with Gasteiger partial charge in [-0.2, -0.15) is 12.6 Å². The number of benzene rings is 2. The van der Waals surface area contributed by atoms with E-state index in [0.29, 0.717) is 12.5 Å². The fourth-order valence-electron chi connectivity index (χ4n) is 4.41. The summed E-state index contributed by atoms with van der Waals surface area (Å²) >= 11 is 4.60. The molecule has 0 aliphatic heterocycles. The summed E-state index contributed by atoms with van der Waals surface area (Å²) in [6.07, 6.45) is 5.42. The molecule has 0 unspecified atom stereocenters. The lowest BCUT2D eigenvalue weighted by molar-refractivity contribution is -0.129. The van der Waals surface area contributed by atoms with Crippen LogP contribution in [0.2, 0.25) is 0 Å². The molecule has 200 valence electrons. The zero-order valence-electron chi connectivity index (χ0n) is 20.6. The number of carbonyl (C=O) groups excluding carboxylic acids is 3. The first kappa shape index (κ1) is 28.6. The molecule has 3 N–H and O–H groups in total. The van der Waals surface area contributed by atoms with Gasteiger partial charge in [0.05, 0.1) is 4.90 Å². The fourth-order valence-corrected chi connectivity index (χ4v) is 6.02. The van der Waals surface area contributed by atoms with E-state index in [0.717, 1.165) is 25.8 Å². The van der Waals surface area contributed by atoms with Crippen LogP contribution in [0.5, 0.6) is 0 Å². The molecule has 2 aromatic carbocycles. The Morgan fingerprint density at radius 3 is 2.38 bits per heavy atom. The van der Waals surface area contributed by atoms with Crippen LogP contribution in [0.4, 0.5) is 4.39 Å². The van der Waals surface area contributed by atoms with Crippen molar-refractivity contribution < 1.29 is 27.2 Å². The average molecular weight is 550 g/mol. The minimum absolute atomic E-state index is 0.0540. The number of hydrogen-bond acceptors (Lipinski definition) is 6. The Labute approximate surface area is 222 Å². The third-order valence-electron chi connectivity index (χ3n) is 6.32. The van der Waals surface area contributed by atoms with Crippen LogP contribution in [0.15, 0.2) is 47.4 Å². The monoisotopic (exact) mass is 549 g/mol. The molecule has 0 radical (unpaired) electrons. The number of halogens is 1. The molecule has 1 saturated carbocycles. The normalized spacial score (nSPS) is 15.0. The van der Waals surface area contributed by atoms with Gasteiger partial charge in [-0.1, -0.05) is 49.6 Å². The number of thiol groups is 1. The van der Waals surface area contributed by atoms with Crippen molar-refractivity contribution in [1.82, 2.24) is 15.4 Å². The van der Waals surface area contributed by atoms with Crippen molar-refractivity contribution in [3.8, 4) is 11.1 Å². The van der Waals surface area contributed by atoms with Crippen LogP contribution in [0.1, 0.15) is 51.0 Å². The lowest BCUT2D eigenvalue weighted by atomic mass is 9.86. The number of amides is 3. The molecular formula is C26H32FN3O5S2. The standard InChI is InChI=1S/C26H32FN3O5S2/c1-17(31)30-37(34,35)24-10-6-5-9-21(24)19-11-12-20(22(27)13-19)15-28-25(32)14-26(33)29-16-23(36)18-7-3-2-4-8-18/h5-6,9-13,18,23,36H,2-4,7-8,14-16H2,1H3,(H,28,32)(H,29,33)(H,30,31)/t23-/m0/s1. The third-order valence-corrected chi connectivity index (χ3v) is 8.41. The second-order valence-corrected chi connectivity index (χ2v) is 11.5. The lowest BCUT2D eigenvalue weighted by Crippen LogP contribution is -2.37. The van der Waals surface area contributed by atoms with Crippen molar-refractivity contribution in [1.29, 1.82) is 0 Å². The summed E-state index contributed by atoms with van der Waals surface area (Å²) in [4.78, 5) is 35.5. The predicted octanol–water partition coefficient (Wildman–Crippen LogP) is 3.32. The van der Waals surface area contributed by atoms with Crippen molar-refractivity contribution in [2.24, 2.45) is 5.92 Å². The Morgan fingerprint density at radius 1 is 1.03 bits per heavy atom. The highest BCUT2D eigenvalue weighted by Crippen LogP contribution is 2.29.